The van der Waals surface area contributed by atoms with Gasteiger partial charge in [-0.05, 0) is 25.2 Å². The van der Waals surface area contributed by atoms with Crippen LogP contribution in [0.5, 0.6) is 0 Å². The number of methoxy groups -OCH3 is 1. The maximum atomic E-state index is 12.0. The molecule has 0 spiro atoms. The molecule has 1 rings (SSSR count). The number of carbonyl (C=O) groups is 1. The number of ether oxygens (including phenoxy) is 1. The molecular formula is C11H20N2O2S. The zero-order valence-corrected chi connectivity index (χ0v) is 10.7. The zero-order chi connectivity index (χ0) is 12.2. The van der Waals surface area contributed by atoms with E-state index in [2.05, 4.69) is 12.2 Å². The first kappa shape index (κ1) is 13.4. The third kappa shape index (κ3) is 2.71. The number of thiocarbonyl (C=S) groups is 1. The molecule has 0 atom stereocenters. The Kier molecular flexibility index (Phi) is 4.68. The van der Waals surface area contributed by atoms with Gasteiger partial charge in [-0.15, -0.1) is 0 Å². The molecule has 0 aromatic carbocycles. The van der Waals surface area contributed by atoms with Gasteiger partial charge in [-0.1, -0.05) is 19.1 Å². The minimum Gasteiger partial charge on any atom is -0.392 e. The molecule has 0 saturated heterocycles. The van der Waals surface area contributed by atoms with E-state index in [1.54, 1.807) is 7.11 Å². The lowest BCUT2D eigenvalue weighted by Gasteiger charge is -2.44. The molecule has 5 heteroatoms. The van der Waals surface area contributed by atoms with E-state index in [9.17, 15) is 4.79 Å². The molecule has 1 aliphatic carbocycles. The second-order valence-electron chi connectivity index (χ2n) is 4.56. The second kappa shape index (κ2) is 5.59. The van der Waals surface area contributed by atoms with Gasteiger partial charge < -0.3 is 15.8 Å². The highest BCUT2D eigenvalue weighted by molar-refractivity contribution is 7.80. The van der Waals surface area contributed by atoms with Crippen LogP contribution in [0.3, 0.4) is 0 Å². The standard InChI is InChI=1S/C11H20N2O2S/c1-8-6-11(7-8,9(12)16)10(14)13-4-3-5-15-2/h8H,3-7H2,1-2H3,(H2,12,16)(H,13,14). The molecule has 16 heavy (non-hydrogen) atoms. The summed E-state index contributed by atoms with van der Waals surface area (Å²) in [6.45, 7) is 3.37. The zero-order valence-electron chi connectivity index (χ0n) is 9.91. The smallest absolute Gasteiger partial charge is 0.233 e. The highest BCUT2D eigenvalue weighted by atomic mass is 32.1. The maximum Gasteiger partial charge on any atom is 0.233 e. The van der Waals surface area contributed by atoms with Crippen LogP contribution in [-0.4, -0.2) is 31.2 Å². The second-order valence-corrected chi connectivity index (χ2v) is 5.00. The quantitative estimate of drug-likeness (QED) is 0.537. The number of nitrogens with one attached hydrogen (secondary N) is 1. The Morgan fingerprint density at radius 3 is 2.69 bits per heavy atom. The number of nitrogens with two attached hydrogens (primary N) is 1. The first-order chi connectivity index (χ1) is 7.53. The molecule has 0 unspecified atom stereocenters. The van der Waals surface area contributed by atoms with Crippen LogP contribution in [0.4, 0.5) is 0 Å². The van der Waals surface area contributed by atoms with E-state index in [4.69, 9.17) is 22.7 Å². The number of carbonyl (C=O) groups excluding carboxylic acids is 1. The molecule has 3 N–H and O–H groups in total. The first-order valence-electron chi connectivity index (χ1n) is 5.60. The van der Waals surface area contributed by atoms with Gasteiger partial charge in [-0.25, -0.2) is 0 Å². The Balaban J connectivity index is 2.41. The van der Waals surface area contributed by atoms with Crippen molar-refractivity contribution in [3.8, 4) is 0 Å². The van der Waals surface area contributed by atoms with Crippen LogP contribution in [0.25, 0.3) is 0 Å². The largest absolute Gasteiger partial charge is 0.392 e. The van der Waals surface area contributed by atoms with Crippen molar-refractivity contribution in [1.29, 1.82) is 0 Å². The van der Waals surface area contributed by atoms with E-state index in [0.29, 0.717) is 24.1 Å². The van der Waals surface area contributed by atoms with Crippen molar-refractivity contribution in [2.45, 2.75) is 26.2 Å². The predicted octanol–water partition coefficient (Wildman–Crippen LogP) is 0.841. The lowest BCUT2D eigenvalue weighted by atomic mass is 9.62. The van der Waals surface area contributed by atoms with Gasteiger partial charge in [0.1, 0.15) is 0 Å². The van der Waals surface area contributed by atoms with Crippen LogP contribution < -0.4 is 11.1 Å². The van der Waals surface area contributed by atoms with Crippen LogP contribution in [0.2, 0.25) is 0 Å². The average Bonchev–Trinajstić information content (AvgIpc) is 2.18. The summed E-state index contributed by atoms with van der Waals surface area (Å²) in [7, 11) is 1.64. The summed E-state index contributed by atoms with van der Waals surface area (Å²) in [5.74, 6) is 0.514. The van der Waals surface area contributed by atoms with E-state index < -0.39 is 5.41 Å². The molecule has 1 amide bonds. The van der Waals surface area contributed by atoms with Crippen molar-refractivity contribution in [2.75, 3.05) is 20.3 Å². The van der Waals surface area contributed by atoms with Crippen molar-refractivity contribution >= 4 is 23.1 Å². The Bertz CT molecular complexity index is 275. The van der Waals surface area contributed by atoms with Crippen molar-refractivity contribution < 1.29 is 9.53 Å². The molecular weight excluding hydrogens is 224 g/mol. The lowest BCUT2D eigenvalue weighted by molar-refractivity contribution is -0.132. The number of rotatable bonds is 6. The van der Waals surface area contributed by atoms with Gasteiger partial charge in [0.05, 0.1) is 10.4 Å². The van der Waals surface area contributed by atoms with Crippen LogP contribution in [0, 0.1) is 11.3 Å². The average molecular weight is 244 g/mol. The Morgan fingerprint density at radius 2 is 2.25 bits per heavy atom. The van der Waals surface area contributed by atoms with E-state index in [1.807, 2.05) is 0 Å². The van der Waals surface area contributed by atoms with Crippen LogP contribution in [0.1, 0.15) is 26.2 Å². The Morgan fingerprint density at radius 1 is 1.62 bits per heavy atom. The number of amides is 1. The molecule has 4 nitrogen and oxygen atoms in total. The molecule has 0 aromatic heterocycles. The van der Waals surface area contributed by atoms with Gasteiger partial charge in [-0.3, -0.25) is 4.79 Å². The summed E-state index contributed by atoms with van der Waals surface area (Å²) in [5.41, 5.74) is 5.09. The normalized spacial score (nSPS) is 28.2. The molecule has 1 aliphatic rings. The maximum absolute atomic E-state index is 12.0. The summed E-state index contributed by atoms with van der Waals surface area (Å²) in [6, 6.07) is 0. The highest BCUT2D eigenvalue weighted by Crippen LogP contribution is 2.45. The fourth-order valence-electron chi connectivity index (χ4n) is 2.22. The fraction of sp³-hybridized carbons (Fsp3) is 0.818. The minimum absolute atomic E-state index is 0.0193. The molecule has 92 valence electrons. The molecule has 0 aliphatic heterocycles. The Labute approximate surface area is 102 Å². The van der Waals surface area contributed by atoms with Gasteiger partial charge in [0.2, 0.25) is 5.91 Å². The highest BCUT2D eigenvalue weighted by Gasteiger charge is 2.50. The van der Waals surface area contributed by atoms with Gasteiger partial charge in [0, 0.05) is 20.3 Å². The molecule has 0 radical (unpaired) electrons. The van der Waals surface area contributed by atoms with E-state index in [0.717, 1.165) is 19.3 Å². The monoisotopic (exact) mass is 244 g/mol. The number of hydrogen-bond donors (Lipinski definition) is 2. The fourth-order valence-corrected chi connectivity index (χ4v) is 2.48. The van der Waals surface area contributed by atoms with E-state index in [1.165, 1.54) is 0 Å². The molecule has 0 aromatic rings. The van der Waals surface area contributed by atoms with Crippen LogP contribution >= 0.6 is 12.2 Å². The molecule has 1 fully saturated rings. The summed E-state index contributed by atoms with van der Waals surface area (Å²) < 4.78 is 4.91. The predicted molar refractivity (Wildman–Crippen MR) is 67.1 cm³/mol. The molecule has 0 bridgehead atoms. The minimum atomic E-state index is -0.582. The molecule has 0 heterocycles. The third-order valence-corrected chi connectivity index (χ3v) is 3.50. The van der Waals surface area contributed by atoms with Gasteiger partial charge in [-0.2, -0.15) is 0 Å². The van der Waals surface area contributed by atoms with Crippen molar-refractivity contribution in [3.63, 3.8) is 0 Å². The van der Waals surface area contributed by atoms with Gasteiger partial charge in [0.15, 0.2) is 0 Å². The topological polar surface area (TPSA) is 64.3 Å². The molecule has 1 saturated carbocycles. The SMILES string of the molecule is COCCCNC(=O)C1(C(N)=S)CC(C)C1. The van der Waals surface area contributed by atoms with Crippen LogP contribution in [-0.2, 0) is 9.53 Å². The lowest BCUT2D eigenvalue weighted by Crippen LogP contribution is -2.56. The van der Waals surface area contributed by atoms with E-state index >= 15 is 0 Å². The number of hydrogen-bond acceptors (Lipinski definition) is 3. The summed E-state index contributed by atoms with van der Waals surface area (Å²) in [5, 5.41) is 2.88. The Hall–Kier alpha value is -0.680. The summed E-state index contributed by atoms with van der Waals surface area (Å²) in [4.78, 5) is 12.3. The van der Waals surface area contributed by atoms with Crippen molar-refractivity contribution in [1.82, 2.24) is 5.32 Å². The summed E-state index contributed by atoms with van der Waals surface area (Å²) >= 11 is 5.00. The van der Waals surface area contributed by atoms with Crippen molar-refractivity contribution in [3.05, 3.63) is 0 Å². The third-order valence-electron chi connectivity index (χ3n) is 3.11. The van der Waals surface area contributed by atoms with Gasteiger partial charge in [0.25, 0.3) is 0 Å². The first-order valence-corrected chi connectivity index (χ1v) is 6.01. The van der Waals surface area contributed by atoms with Crippen molar-refractivity contribution in [2.24, 2.45) is 17.1 Å². The summed E-state index contributed by atoms with van der Waals surface area (Å²) in [6.07, 6.45) is 2.36. The van der Waals surface area contributed by atoms with E-state index in [-0.39, 0.29) is 5.91 Å². The van der Waals surface area contributed by atoms with Crippen LogP contribution in [0.15, 0.2) is 0 Å². The van der Waals surface area contributed by atoms with Gasteiger partial charge >= 0.3 is 0 Å².